The predicted molar refractivity (Wildman–Crippen MR) is 75.8 cm³/mol. The van der Waals surface area contributed by atoms with Crippen molar-refractivity contribution in [1.82, 2.24) is 0 Å². The molecular formula is C13H15ClFNO2S. The molecule has 1 aromatic carbocycles. The number of thioether (sulfide) groups is 1. The zero-order valence-electron chi connectivity index (χ0n) is 10.6. The Kier molecular flexibility index (Phi) is 4.93. The van der Waals surface area contributed by atoms with Crippen LogP contribution < -0.4 is 4.90 Å². The Morgan fingerprint density at radius 2 is 2.37 bits per heavy atom. The van der Waals surface area contributed by atoms with Crippen molar-refractivity contribution < 1.29 is 13.9 Å². The summed E-state index contributed by atoms with van der Waals surface area (Å²) in [6, 6.07) is 4.78. The number of cyclic esters (lactones) is 1. The van der Waals surface area contributed by atoms with Gasteiger partial charge in [-0.05, 0) is 24.6 Å². The number of hydrogen-bond acceptors (Lipinski definition) is 3. The second kappa shape index (κ2) is 6.48. The summed E-state index contributed by atoms with van der Waals surface area (Å²) in [6.45, 7) is 2.43. The van der Waals surface area contributed by atoms with Gasteiger partial charge in [-0.1, -0.05) is 6.92 Å². The molecule has 1 aliphatic rings. The molecule has 1 saturated heterocycles. The van der Waals surface area contributed by atoms with E-state index in [9.17, 15) is 9.18 Å². The summed E-state index contributed by atoms with van der Waals surface area (Å²) in [4.78, 5) is 13.7. The van der Waals surface area contributed by atoms with Gasteiger partial charge in [-0.2, -0.15) is 0 Å². The van der Waals surface area contributed by atoms with Crippen LogP contribution in [0, 0.1) is 5.82 Å². The Hall–Kier alpha value is -0.940. The van der Waals surface area contributed by atoms with E-state index in [0.29, 0.717) is 28.8 Å². The second-order valence-electron chi connectivity index (χ2n) is 4.18. The number of rotatable bonds is 5. The van der Waals surface area contributed by atoms with Crippen molar-refractivity contribution >= 4 is 35.1 Å². The number of anilines is 1. The lowest BCUT2D eigenvalue weighted by Crippen LogP contribution is -2.24. The van der Waals surface area contributed by atoms with Crippen LogP contribution in [0.1, 0.15) is 13.3 Å². The number of hydrogen-bond donors (Lipinski definition) is 0. The summed E-state index contributed by atoms with van der Waals surface area (Å²) in [7, 11) is 0. The van der Waals surface area contributed by atoms with Gasteiger partial charge in [0.05, 0.1) is 12.2 Å². The molecule has 6 heteroatoms. The minimum atomic E-state index is -0.410. The van der Waals surface area contributed by atoms with E-state index in [1.165, 1.54) is 22.7 Å². The van der Waals surface area contributed by atoms with Crippen molar-refractivity contribution in [3.05, 3.63) is 24.0 Å². The van der Waals surface area contributed by atoms with E-state index in [4.69, 9.17) is 16.3 Å². The molecule has 0 saturated carbocycles. The van der Waals surface area contributed by atoms with Gasteiger partial charge in [0.15, 0.2) is 0 Å². The summed E-state index contributed by atoms with van der Waals surface area (Å²) in [5, 5.41) is 0. The molecule has 1 aromatic rings. The summed E-state index contributed by atoms with van der Waals surface area (Å²) < 4.78 is 19.0. The third-order valence-corrected chi connectivity index (χ3v) is 4.35. The molecule has 0 unspecified atom stereocenters. The molecule has 19 heavy (non-hydrogen) atoms. The first kappa shape index (κ1) is 14.5. The summed E-state index contributed by atoms with van der Waals surface area (Å²) in [5.41, 5.74) is 0.536. The van der Waals surface area contributed by atoms with Crippen LogP contribution in [0.5, 0.6) is 0 Å². The molecule has 0 N–H and O–H groups in total. The van der Waals surface area contributed by atoms with E-state index >= 15 is 0 Å². The van der Waals surface area contributed by atoms with Crippen LogP contribution in [0.15, 0.2) is 23.1 Å². The standard InChI is InChI=1S/C13H15ClFNO2S/c1-2-10-8-16(13(17)18-10)9-3-4-12(11(15)7-9)19-6-5-14/h3-4,7,10H,2,5-6,8H2,1H3/t10-/m0/s1. The van der Waals surface area contributed by atoms with E-state index in [0.717, 1.165) is 6.42 Å². The van der Waals surface area contributed by atoms with E-state index < -0.39 is 6.09 Å². The van der Waals surface area contributed by atoms with Crippen molar-refractivity contribution in [1.29, 1.82) is 0 Å². The van der Waals surface area contributed by atoms with Crippen LogP contribution in [0.25, 0.3) is 0 Å². The Labute approximate surface area is 121 Å². The summed E-state index contributed by atoms with van der Waals surface area (Å²) in [6.07, 6.45) is 0.238. The van der Waals surface area contributed by atoms with E-state index in [-0.39, 0.29) is 11.9 Å². The molecule has 1 heterocycles. The molecule has 0 aromatic heterocycles. The molecule has 1 amide bonds. The minimum absolute atomic E-state index is 0.110. The van der Waals surface area contributed by atoms with Gasteiger partial charge < -0.3 is 4.74 Å². The maximum atomic E-state index is 13.9. The Morgan fingerprint density at radius 1 is 1.58 bits per heavy atom. The molecule has 1 aliphatic heterocycles. The fourth-order valence-corrected chi connectivity index (χ4v) is 2.76. The lowest BCUT2D eigenvalue weighted by molar-refractivity contribution is 0.139. The predicted octanol–water partition coefficient (Wildman–Crippen LogP) is 3.89. The van der Waals surface area contributed by atoms with Crippen molar-refractivity contribution in [3.63, 3.8) is 0 Å². The van der Waals surface area contributed by atoms with Crippen LogP contribution in [0.3, 0.4) is 0 Å². The highest BCUT2D eigenvalue weighted by molar-refractivity contribution is 7.99. The smallest absolute Gasteiger partial charge is 0.414 e. The van der Waals surface area contributed by atoms with Crippen molar-refractivity contribution in [2.45, 2.75) is 24.3 Å². The van der Waals surface area contributed by atoms with Gasteiger partial charge in [-0.15, -0.1) is 23.4 Å². The van der Waals surface area contributed by atoms with E-state index in [2.05, 4.69) is 0 Å². The summed E-state index contributed by atoms with van der Waals surface area (Å²) >= 11 is 6.94. The monoisotopic (exact) mass is 303 g/mol. The molecule has 104 valence electrons. The number of halogens is 2. The average molecular weight is 304 g/mol. The molecule has 3 nitrogen and oxygen atoms in total. The zero-order valence-corrected chi connectivity index (χ0v) is 12.1. The largest absolute Gasteiger partial charge is 0.444 e. The third-order valence-electron chi connectivity index (χ3n) is 2.89. The number of ether oxygens (including phenoxy) is 1. The van der Waals surface area contributed by atoms with Gasteiger partial charge >= 0.3 is 6.09 Å². The Morgan fingerprint density at radius 3 is 2.95 bits per heavy atom. The molecule has 1 fully saturated rings. The highest BCUT2D eigenvalue weighted by atomic mass is 35.5. The number of benzene rings is 1. The highest BCUT2D eigenvalue weighted by Gasteiger charge is 2.31. The Bertz CT molecular complexity index is 472. The van der Waals surface area contributed by atoms with E-state index in [1.807, 2.05) is 6.92 Å². The SMILES string of the molecule is CC[C@H]1CN(c2ccc(SCCCl)c(F)c2)C(=O)O1. The number of amides is 1. The zero-order chi connectivity index (χ0) is 13.8. The molecule has 0 spiro atoms. The number of alkyl halides is 1. The maximum absolute atomic E-state index is 13.9. The van der Waals surface area contributed by atoms with Gasteiger partial charge in [0.25, 0.3) is 0 Å². The maximum Gasteiger partial charge on any atom is 0.414 e. The quantitative estimate of drug-likeness (QED) is 0.610. The normalized spacial score (nSPS) is 18.8. The van der Waals surface area contributed by atoms with Crippen molar-refractivity contribution in [2.24, 2.45) is 0 Å². The third kappa shape index (κ3) is 3.34. The molecule has 1 atom stereocenters. The lowest BCUT2D eigenvalue weighted by Gasteiger charge is -2.14. The lowest BCUT2D eigenvalue weighted by atomic mass is 10.2. The fraction of sp³-hybridized carbons (Fsp3) is 0.462. The number of nitrogens with zero attached hydrogens (tertiary/aromatic N) is 1. The van der Waals surface area contributed by atoms with Gasteiger partial charge in [-0.3, -0.25) is 4.90 Å². The molecule has 0 radical (unpaired) electrons. The van der Waals surface area contributed by atoms with Crippen LogP contribution >= 0.6 is 23.4 Å². The van der Waals surface area contributed by atoms with Crippen molar-refractivity contribution in [2.75, 3.05) is 23.1 Å². The minimum Gasteiger partial charge on any atom is -0.444 e. The first-order chi connectivity index (χ1) is 9.15. The van der Waals surface area contributed by atoms with Gasteiger partial charge in [-0.25, -0.2) is 9.18 Å². The molecule has 0 bridgehead atoms. The molecular weight excluding hydrogens is 289 g/mol. The fourth-order valence-electron chi connectivity index (χ4n) is 1.87. The second-order valence-corrected chi connectivity index (χ2v) is 5.69. The molecule has 0 aliphatic carbocycles. The van der Waals surface area contributed by atoms with Crippen LogP contribution in [-0.2, 0) is 4.74 Å². The Balaban J connectivity index is 2.13. The van der Waals surface area contributed by atoms with Crippen LogP contribution in [0.4, 0.5) is 14.9 Å². The molecule has 2 rings (SSSR count). The first-order valence-corrected chi connectivity index (χ1v) is 7.64. The van der Waals surface area contributed by atoms with Gasteiger partial charge in [0.2, 0.25) is 0 Å². The van der Waals surface area contributed by atoms with Gasteiger partial charge in [0.1, 0.15) is 11.9 Å². The van der Waals surface area contributed by atoms with E-state index in [1.54, 1.807) is 12.1 Å². The first-order valence-electron chi connectivity index (χ1n) is 6.12. The van der Waals surface area contributed by atoms with Crippen LogP contribution in [-0.4, -0.2) is 30.4 Å². The topological polar surface area (TPSA) is 29.5 Å². The number of carbonyl (C=O) groups is 1. The van der Waals surface area contributed by atoms with Gasteiger partial charge in [0, 0.05) is 16.5 Å². The van der Waals surface area contributed by atoms with Crippen molar-refractivity contribution in [3.8, 4) is 0 Å². The number of carbonyl (C=O) groups excluding carboxylic acids is 1. The average Bonchev–Trinajstić information content (AvgIpc) is 2.78. The van der Waals surface area contributed by atoms with Crippen LogP contribution in [0.2, 0.25) is 0 Å². The highest BCUT2D eigenvalue weighted by Crippen LogP contribution is 2.28. The summed E-state index contributed by atoms with van der Waals surface area (Å²) in [5.74, 6) is 0.796.